The van der Waals surface area contributed by atoms with Crippen LogP contribution in [0.4, 0.5) is 0 Å². The summed E-state index contributed by atoms with van der Waals surface area (Å²) >= 11 is 0. The minimum Gasteiger partial charge on any atom is -0.480 e. The van der Waals surface area contributed by atoms with Crippen LogP contribution in [0.5, 0.6) is 0 Å². The molecule has 4 atom stereocenters. The molecule has 0 aliphatic carbocycles. The van der Waals surface area contributed by atoms with Crippen molar-refractivity contribution in [3.05, 3.63) is 0 Å². The molecule has 2 rings (SSSR count). The van der Waals surface area contributed by atoms with Gasteiger partial charge in [0.15, 0.2) is 0 Å². The summed E-state index contributed by atoms with van der Waals surface area (Å²) in [4.78, 5) is 23.8. The van der Waals surface area contributed by atoms with E-state index in [-0.39, 0.29) is 24.2 Å². The largest absolute Gasteiger partial charge is 0.480 e. The summed E-state index contributed by atoms with van der Waals surface area (Å²) in [5.74, 6) is -1.20. The predicted octanol–water partition coefficient (Wildman–Crippen LogP) is -1.46. The Balaban J connectivity index is 2.05. The Bertz CT molecular complexity index is 450. The number of aliphatic carboxylic acids is 1. The molecular formula is C14H26BN3O5. The van der Waals surface area contributed by atoms with Gasteiger partial charge >= 0.3 is 13.1 Å². The molecule has 1 unspecified atom stereocenters. The maximum absolute atomic E-state index is 12.8. The lowest BCUT2D eigenvalue weighted by Crippen LogP contribution is -2.59. The number of hydrogen-bond donors (Lipinski definition) is 6. The Kier molecular flexibility index (Phi) is 6.02. The fourth-order valence-corrected chi connectivity index (χ4v) is 3.75. The van der Waals surface area contributed by atoms with E-state index in [9.17, 15) is 9.59 Å². The third-order valence-electron chi connectivity index (χ3n) is 5.02. The molecule has 2 aliphatic rings. The summed E-state index contributed by atoms with van der Waals surface area (Å²) < 4.78 is 0. The van der Waals surface area contributed by atoms with Crippen LogP contribution < -0.4 is 16.0 Å². The normalized spacial score (nSPS) is 30.7. The van der Waals surface area contributed by atoms with Crippen molar-refractivity contribution in [2.75, 3.05) is 13.1 Å². The van der Waals surface area contributed by atoms with Crippen LogP contribution in [-0.4, -0.2) is 64.9 Å². The van der Waals surface area contributed by atoms with Crippen molar-refractivity contribution in [1.29, 1.82) is 0 Å². The van der Waals surface area contributed by atoms with E-state index in [1.807, 2.05) is 0 Å². The van der Waals surface area contributed by atoms with Crippen LogP contribution >= 0.6 is 0 Å². The van der Waals surface area contributed by atoms with E-state index >= 15 is 0 Å². The number of nitrogens with one attached hydrogen (secondary N) is 3. The monoisotopic (exact) mass is 327 g/mol. The van der Waals surface area contributed by atoms with Gasteiger partial charge in [-0.3, -0.25) is 9.59 Å². The minimum atomic E-state index is -1.33. The van der Waals surface area contributed by atoms with Gasteiger partial charge in [-0.25, -0.2) is 0 Å². The summed E-state index contributed by atoms with van der Waals surface area (Å²) in [6.07, 6.45) is 2.97. The fourth-order valence-electron chi connectivity index (χ4n) is 3.75. The van der Waals surface area contributed by atoms with Crippen molar-refractivity contribution in [3.63, 3.8) is 0 Å². The van der Waals surface area contributed by atoms with Gasteiger partial charge in [-0.05, 0) is 32.6 Å². The first-order valence-corrected chi connectivity index (χ1v) is 8.25. The van der Waals surface area contributed by atoms with Crippen molar-refractivity contribution in [2.45, 2.75) is 56.5 Å². The van der Waals surface area contributed by atoms with Crippen LogP contribution in [0.1, 0.15) is 32.6 Å². The molecule has 0 spiro atoms. The number of carbonyl (C=O) groups is 2. The summed E-state index contributed by atoms with van der Waals surface area (Å²) in [6, 6.07) is -0.710. The Hall–Kier alpha value is -1.16. The fraction of sp³-hybridized carbons (Fsp3) is 0.857. The Morgan fingerprint density at radius 3 is 2.78 bits per heavy atom. The number of amides is 1. The Morgan fingerprint density at radius 2 is 2.13 bits per heavy atom. The van der Waals surface area contributed by atoms with Gasteiger partial charge in [0.1, 0.15) is 11.6 Å². The second kappa shape index (κ2) is 7.61. The smallest absolute Gasteiger partial charge is 0.451 e. The summed E-state index contributed by atoms with van der Waals surface area (Å²) in [6.45, 7) is 2.99. The van der Waals surface area contributed by atoms with Gasteiger partial charge < -0.3 is 31.1 Å². The molecule has 2 aliphatic heterocycles. The second-order valence-electron chi connectivity index (χ2n) is 6.57. The second-order valence-corrected chi connectivity index (χ2v) is 6.57. The quantitative estimate of drug-likeness (QED) is 0.237. The standard InChI is InChI=1S/C14H26BN3O5/c1-9(12(19)20)18-13(21)14(5-2-3-6-15(22)23)10-4-7-16-11(10)8-17-14/h9-11,16-17,22-23H,2-8H2,1H3,(H,18,21)(H,19,20)/t9?,10-,11-,14+/m0/s1. The predicted molar refractivity (Wildman–Crippen MR) is 84.7 cm³/mol. The molecule has 0 bridgehead atoms. The van der Waals surface area contributed by atoms with Crippen molar-refractivity contribution >= 4 is 19.0 Å². The number of unbranched alkanes of at least 4 members (excludes halogenated alkanes) is 1. The zero-order valence-electron chi connectivity index (χ0n) is 13.4. The number of carboxylic acid groups (broad SMARTS) is 1. The van der Waals surface area contributed by atoms with Crippen molar-refractivity contribution in [3.8, 4) is 0 Å². The number of hydrogen-bond acceptors (Lipinski definition) is 6. The Morgan fingerprint density at radius 1 is 1.39 bits per heavy atom. The highest BCUT2D eigenvalue weighted by molar-refractivity contribution is 6.40. The van der Waals surface area contributed by atoms with E-state index < -0.39 is 24.7 Å². The van der Waals surface area contributed by atoms with Gasteiger partial charge in [-0.2, -0.15) is 0 Å². The van der Waals surface area contributed by atoms with Crippen LogP contribution in [0.2, 0.25) is 6.32 Å². The van der Waals surface area contributed by atoms with Gasteiger partial charge in [0.2, 0.25) is 5.91 Å². The average molecular weight is 327 g/mol. The first-order chi connectivity index (χ1) is 10.9. The topological polar surface area (TPSA) is 131 Å². The molecular weight excluding hydrogens is 301 g/mol. The maximum Gasteiger partial charge on any atom is 0.451 e. The van der Waals surface area contributed by atoms with E-state index in [0.717, 1.165) is 13.0 Å². The minimum absolute atomic E-state index is 0.127. The van der Waals surface area contributed by atoms with Gasteiger partial charge in [-0.1, -0.05) is 12.8 Å². The zero-order valence-corrected chi connectivity index (χ0v) is 13.4. The van der Waals surface area contributed by atoms with Gasteiger partial charge in [0.25, 0.3) is 0 Å². The number of rotatable bonds is 8. The van der Waals surface area contributed by atoms with Crippen molar-refractivity contribution in [2.24, 2.45) is 5.92 Å². The lowest BCUT2D eigenvalue weighted by atomic mass is 9.76. The van der Waals surface area contributed by atoms with Crippen molar-refractivity contribution in [1.82, 2.24) is 16.0 Å². The summed E-state index contributed by atoms with van der Waals surface area (Å²) in [5, 5.41) is 36.2. The van der Waals surface area contributed by atoms with Crippen LogP contribution in [0.15, 0.2) is 0 Å². The van der Waals surface area contributed by atoms with E-state index in [1.54, 1.807) is 0 Å². The number of carboxylic acids is 1. The van der Waals surface area contributed by atoms with Crippen LogP contribution in [0.25, 0.3) is 0 Å². The molecule has 8 nitrogen and oxygen atoms in total. The zero-order chi connectivity index (χ0) is 17.0. The molecule has 2 fully saturated rings. The molecule has 0 aromatic heterocycles. The first-order valence-electron chi connectivity index (χ1n) is 8.25. The molecule has 0 saturated carbocycles. The van der Waals surface area contributed by atoms with Gasteiger partial charge in [0.05, 0.1) is 0 Å². The highest BCUT2D eigenvalue weighted by atomic mass is 16.4. The molecule has 2 heterocycles. The lowest BCUT2D eigenvalue weighted by molar-refractivity contribution is -0.142. The molecule has 0 radical (unpaired) electrons. The third kappa shape index (κ3) is 4.03. The van der Waals surface area contributed by atoms with Crippen LogP contribution in [0.3, 0.4) is 0 Å². The van der Waals surface area contributed by atoms with E-state index in [2.05, 4.69) is 16.0 Å². The maximum atomic E-state index is 12.8. The van der Waals surface area contributed by atoms with Gasteiger partial charge in [-0.15, -0.1) is 0 Å². The molecule has 2 saturated heterocycles. The SMILES string of the molecule is CC(NC(=O)[C@]1(CCCCB(O)O)NC[C@@H]2NCC[C@@H]21)C(=O)O. The van der Waals surface area contributed by atoms with Crippen LogP contribution in [-0.2, 0) is 9.59 Å². The van der Waals surface area contributed by atoms with Crippen molar-refractivity contribution < 1.29 is 24.7 Å². The van der Waals surface area contributed by atoms with Gasteiger partial charge in [0, 0.05) is 18.5 Å². The molecule has 9 heteroatoms. The van der Waals surface area contributed by atoms with E-state index in [0.29, 0.717) is 25.8 Å². The lowest BCUT2D eigenvalue weighted by Gasteiger charge is -2.34. The van der Waals surface area contributed by atoms with E-state index in [4.69, 9.17) is 15.2 Å². The number of carbonyl (C=O) groups excluding carboxylic acids is 1. The Labute approximate surface area is 136 Å². The highest BCUT2D eigenvalue weighted by Crippen LogP contribution is 2.37. The van der Waals surface area contributed by atoms with E-state index in [1.165, 1.54) is 6.92 Å². The van der Waals surface area contributed by atoms with Crippen LogP contribution in [0, 0.1) is 5.92 Å². The highest BCUT2D eigenvalue weighted by Gasteiger charge is 2.54. The molecule has 1 amide bonds. The summed E-state index contributed by atoms with van der Waals surface area (Å²) in [7, 11) is -1.33. The molecule has 6 N–H and O–H groups in total. The molecule has 23 heavy (non-hydrogen) atoms. The molecule has 0 aromatic carbocycles. The average Bonchev–Trinajstić information content (AvgIpc) is 3.06. The first kappa shape index (κ1) is 18.2. The molecule has 0 aromatic rings. The molecule has 130 valence electrons. The number of fused-ring (bicyclic) bond motifs is 1. The third-order valence-corrected chi connectivity index (χ3v) is 5.02. The summed E-state index contributed by atoms with van der Waals surface area (Å²) in [5.41, 5.74) is -0.779.